The van der Waals surface area contributed by atoms with E-state index in [4.69, 9.17) is 18.0 Å². The summed E-state index contributed by atoms with van der Waals surface area (Å²) in [5.41, 5.74) is 8.01. The van der Waals surface area contributed by atoms with Gasteiger partial charge < -0.3 is 11.1 Å². The number of amides is 1. The molecule has 0 radical (unpaired) electrons. The van der Waals surface area contributed by atoms with Crippen LogP contribution in [0.25, 0.3) is 0 Å². The Labute approximate surface area is 122 Å². The maximum atomic E-state index is 11.9. The SMILES string of the molecule is Cc1cnn(CCC(=O)Nc2ccccc2C(N)=S)c1. The molecule has 1 heterocycles. The third kappa shape index (κ3) is 3.64. The summed E-state index contributed by atoms with van der Waals surface area (Å²) in [6, 6.07) is 7.23. The molecule has 0 aliphatic rings. The Bertz CT molecular complexity index is 636. The number of nitrogens with zero attached hydrogens (tertiary/aromatic N) is 2. The van der Waals surface area contributed by atoms with Gasteiger partial charge in [-0.1, -0.05) is 24.4 Å². The number of anilines is 1. The third-order valence-corrected chi connectivity index (χ3v) is 3.02. The number of nitrogens with two attached hydrogens (primary N) is 1. The summed E-state index contributed by atoms with van der Waals surface area (Å²) in [6.45, 7) is 2.50. The standard InChI is InChI=1S/C14H16N4OS/c1-10-8-16-18(9-10)7-6-13(19)17-12-5-3-2-4-11(12)14(15)20/h2-5,8-9H,6-7H2,1H3,(H2,15,20)(H,17,19). The van der Waals surface area contributed by atoms with Gasteiger partial charge in [0.15, 0.2) is 0 Å². The van der Waals surface area contributed by atoms with Crippen LogP contribution in [0.2, 0.25) is 0 Å². The van der Waals surface area contributed by atoms with Crippen LogP contribution in [0.1, 0.15) is 17.5 Å². The van der Waals surface area contributed by atoms with Gasteiger partial charge in [0.05, 0.1) is 11.9 Å². The maximum absolute atomic E-state index is 11.9. The molecule has 20 heavy (non-hydrogen) atoms. The average molecular weight is 288 g/mol. The van der Waals surface area contributed by atoms with Crippen LogP contribution in [0.5, 0.6) is 0 Å². The molecule has 0 atom stereocenters. The molecule has 0 spiro atoms. The zero-order valence-electron chi connectivity index (χ0n) is 11.2. The lowest BCUT2D eigenvalue weighted by molar-refractivity contribution is -0.116. The quantitative estimate of drug-likeness (QED) is 0.824. The highest BCUT2D eigenvalue weighted by atomic mass is 32.1. The zero-order valence-corrected chi connectivity index (χ0v) is 12.0. The molecule has 2 rings (SSSR count). The number of carbonyl (C=O) groups excluding carboxylic acids is 1. The normalized spacial score (nSPS) is 10.2. The molecule has 3 N–H and O–H groups in total. The maximum Gasteiger partial charge on any atom is 0.226 e. The number of carbonyl (C=O) groups is 1. The first-order chi connectivity index (χ1) is 9.56. The summed E-state index contributed by atoms with van der Waals surface area (Å²) < 4.78 is 1.74. The lowest BCUT2D eigenvalue weighted by atomic mass is 10.1. The summed E-state index contributed by atoms with van der Waals surface area (Å²) in [4.78, 5) is 12.2. The molecular weight excluding hydrogens is 272 g/mol. The molecule has 1 amide bonds. The molecule has 6 heteroatoms. The minimum atomic E-state index is -0.0955. The number of aryl methyl sites for hydroxylation is 2. The van der Waals surface area contributed by atoms with Crippen LogP contribution >= 0.6 is 12.2 Å². The second kappa shape index (κ2) is 6.29. The number of hydrogen-bond acceptors (Lipinski definition) is 3. The van der Waals surface area contributed by atoms with Gasteiger partial charge in [-0.05, 0) is 24.6 Å². The predicted molar refractivity (Wildman–Crippen MR) is 82.5 cm³/mol. The monoisotopic (exact) mass is 288 g/mol. The molecule has 0 fully saturated rings. The lowest BCUT2D eigenvalue weighted by Crippen LogP contribution is -2.18. The van der Waals surface area contributed by atoms with E-state index in [-0.39, 0.29) is 10.9 Å². The number of benzene rings is 1. The van der Waals surface area contributed by atoms with E-state index in [9.17, 15) is 4.79 Å². The van der Waals surface area contributed by atoms with Crippen LogP contribution in [0.15, 0.2) is 36.7 Å². The second-order valence-electron chi connectivity index (χ2n) is 4.49. The molecule has 104 valence electrons. The molecule has 1 aromatic heterocycles. The summed E-state index contributed by atoms with van der Waals surface area (Å²) in [5, 5.41) is 6.96. The van der Waals surface area contributed by atoms with Gasteiger partial charge in [0, 0.05) is 24.7 Å². The number of thiocarbonyl (C=S) groups is 1. The van der Waals surface area contributed by atoms with Crippen LogP contribution in [-0.4, -0.2) is 20.7 Å². The van der Waals surface area contributed by atoms with E-state index < -0.39 is 0 Å². The minimum Gasteiger partial charge on any atom is -0.389 e. The van der Waals surface area contributed by atoms with Gasteiger partial charge >= 0.3 is 0 Å². The van der Waals surface area contributed by atoms with E-state index in [1.807, 2.05) is 25.3 Å². The van der Waals surface area contributed by atoms with Crippen molar-refractivity contribution < 1.29 is 4.79 Å². The van der Waals surface area contributed by atoms with Gasteiger partial charge in [-0.3, -0.25) is 9.48 Å². The fourth-order valence-electron chi connectivity index (χ4n) is 1.83. The van der Waals surface area contributed by atoms with Crippen molar-refractivity contribution in [1.82, 2.24) is 9.78 Å². The summed E-state index contributed by atoms with van der Waals surface area (Å²) in [7, 11) is 0. The number of hydrogen-bond donors (Lipinski definition) is 2. The van der Waals surface area contributed by atoms with Gasteiger partial charge in [0.2, 0.25) is 5.91 Å². The Morgan fingerprint density at radius 1 is 1.45 bits per heavy atom. The van der Waals surface area contributed by atoms with E-state index in [1.165, 1.54) is 0 Å². The molecule has 5 nitrogen and oxygen atoms in total. The highest BCUT2D eigenvalue weighted by Crippen LogP contribution is 2.15. The predicted octanol–water partition coefficient (Wildman–Crippen LogP) is 1.85. The van der Waals surface area contributed by atoms with Crippen molar-refractivity contribution in [1.29, 1.82) is 0 Å². The largest absolute Gasteiger partial charge is 0.389 e. The average Bonchev–Trinajstić information content (AvgIpc) is 2.83. The minimum absolute atomic E-state index is 0.0955. The smallest absolute Gasteiger partial charge is 0.226 e. The van der Waals surface area contributed by atoms with Crippen molar-refractivity contribution in [2.24, 2.45) is 5.73 Å². The molecule has 0 saturated heterocycles. The van der Waals surface area contributed by atoms with Crippen LogP contribution in [-0.2, 0) is 11.3 Å². The van der Waals surface area contributed by atoms with Crippen molar-refractivity contribution in [3.63, 3.8) is 0 Å². The van der Waals surface area contributed by atoms with Crippen molar-refractivity contribution in [3.8, 4) is 0 Å². The van der Waals surface area contributed by atoms with E-state index >= 15 is 0 Å². The molecular formula is C14H16N4OS. The van der Waals surface area contributed by atoms with Crippen LogP contribution in [0.4, 0.5) is 5.69 Å². The van der Waals surface area contributed by atoms with Gasteiger partial charge in [-0.25, -0.2) is 0 Å². The van der Waals surface area contributed by atoms with Gasteiger partial charge in [-0.15, -0.1) is 0 Å². The topological polar surface area (TPSA) is 72.9 Å². The summed E-state index contributed by atoms with van der Waals surface area (Å²) in [5.74, 6) is -0.0955. The molecule has 2 aromatic rings. The fourth-order valence-corrected chi connectivity index (χ4v) is 2.00. The number of aromatic nitrogens is 2. The van der Waals surface area contributed by atoms with Crippen molar-refractivity contribution in [3.05, 3.63) is 47.8 Å². The molecule has 1 aromatic carbocycles. The highest BCUT2D eigenvalue weighted by molar-refractivity contribution is 7.80. The second-order valence-corrected chi connectivity index (χ2v) is 4.93. The Morgan fingerprint density at radius 3 is 2.85 bits per heavy atom. The van der Waals surface area contributed by atoms with Crippen molar-refractivity contribution in [2.45, 2.75) is 19.9 Å². The molecule has 0 aliphatic carbocycles. The van der Waals surface area contributed by atoms with E-state index in [1.54, 1.807) is 23.0 Å². The lowest BCUT2D eigenvalue weighted by Gasteiger charge is -2.09. The van der Waals surface area contributed by atoms with E-state index in [2.05, 4.69) is 10.4 Å². The first kappa shape index (κ1) is 14.2. The Morgan fingerprint density at radius 2 is 2.20 bits per heavy atom. The first-order valence-corrected chi connectivity index (χ1v) is 6.65. The Hall–Kier alpha value is -2.21. The van der Waals surface area contributed by atoms with Crippen molar-refractivity contribution >= 4 is 28.8 Å². The Balaban J connectivity index is 1.96. The summed E-state index contributed by atoms with van der Waals surface area (Å²) >= 11 is 4.96. The van der Waals surface area contributed by atoms with Gasteiger partial charge in [0.1, 0.15) is 4.99 Å². The molecule has 0 bridgehead atoms. The molecule has 0 unspecified atom stereocenters. The molecule has 0 aliphatic heterocycles. The van der Waals surface area contributed by atoms with Crippen molar-refractivity contribution in [2.75, 3.05) is 5.32 Å². The highest BCUT2D eigenvalue weighted by Gasteiger charge is 2.08. The molecule has 0 saturated carbocycles. The summed E-state index contributed by atoms with van der Waals surface area (Å²) in [6.07, 6.45) is 4.00. The van der Waals surface area contributed by atoms with Gasteiger partial charge in [-0.2, -0.15) is 5.10 Å². The Kier molecular flexibility index (Phi) is 4.47. The van der Waals surface area contributed by atoms with Gasteiger partial charge in [0.25, 0.3) is 0 Å². The number of rotatable bonds is 5. The number of nitrogens with one attached hydrogen (secondary N) is 1. The van der Waals surface area contributed by atoms with Crippen LogP contribution in [0, 0.1) is 6.92 Å². The zero-order chi connectivity index (χ0) is 14.5. The van der Waals surface area contributed by atoms with Crippen LogP contribution in [0.3, 0.4) is 0 Å². The fraction of sp³-hybridized carbons (Fsp3) is 0.214. The third-order valence-electron chi connectivity index (χ3n) is 2.80. The van der Waals surface area contributed by atoms with Crippen LogP contribution < -0.4 is 11.1 Å². The van der Waals surface area contributed by atoms with E-state index in [0.717, 1.165) is 5.56 Å². The number of para-hydroxylation sites is 1. The first-order valence-electron chi connectivity index (χ1n) is 6.24. The van der Waals surface area contributed by atoms with E-state index in [0.29, 0.717) is 24.2 Å².